The lowest BCUT2D eigenvalue weighted by molar-refractivity contribution is 0.0954. The summed E-state index contributed by atoms with van der Waals surface area (Å²) in [5, 5.41) is 0. The summed E-state index contributed by atoms with van der Waals surface area (Å²) in [6, 6.07) is 8.14. The summed E-state index contributed by atoms with van der Waals surface area (Å²) >= 11 is 1.67. The average molecular weight is 314 g/mol. The van der Waals surface area contributed by atoms with Gasteiger partial charge in [0.2, 0.25) is 0 Å². The van der Waals surface area contributed by atoms with E-state index in [2.05, 4.69) is 0 Å². The van der Waals surface area contributed by atoms with Crippen LogP contribution in [0.15, 0.2) is 35.5 Å². The molecule has 0 unspecified atom stereocenters. The quantitative estimate of drug-likeness (QED) is 0.822. The molecule has 2 heterocycles. The van der Waals surface area contributed by atoms with Gasteiger partial charge in [-0.25, -0.2) is 0 Å². The minimum absolute atomic E-state index is 0.0250. The fourth-order valence-electron chi connectivity index (χ4n) is 3.08. The van der Waals surface area contributed by atoms with Crippen LogP contribution in [0.2, 0.25) is 0 Å². The van der Waals surface area contributed by atoms with Crippen molar-refractivity contribution in [2.45, 2.75) is 52.0 Å². The van der Waals surface area contributed by atoms with Crippen LogP contribution >= 0.6 is 11.3 Å². The molecule has 4 heteroatoms. The van der Waals surface area contributed by atoms with Gasteiger partial charge in [-0.05, 0) is 44.9 Å². The summed E-state index contributed by atoms with van der Waals surface area (Å²) in [7, 11) is 0. The molecule has 1 saturated carbocycles. The number of hydrogen-bond donors (Lipinski definition) is 0. The average Bonchev–Trinajstić information content (AvgIpc) is 2.87. The fourth-order valence-corrected chi connectivity index (χ4v) is 4.00. The van der Waals surface area contributed by atoms with E-state index >= 15 is 0 Å². The van der Waals surface area contributed by atoms with Gasteiger partial charge < -0.3 is 0 Å². The zero-order valence-corrected chi connectivity index (χ0v) is 14.0. The summed E-state index contributed by atoms with van der Waals surface area (Å²) < 4.78 is 1.70. The van der Waals surface area contributed by atoms with Gasteiger partial charge in [0.1, 0.15) is 5.49 Å². The molecule has 0 aromatic carbocycles. The van der Waals surface area contributed by atoms with E-state index in [1.165, 1.54) is 24.1 Å². The molecule has 1 fully saturated rings. The summed E-state index contributed by atoms with van der Waals surface area (Å²) in [5.74, 6) is 0.0250. The van der Waals surface area contributed by atoms with Gasteiger partial charge in [0.25, 0.3) is 5.91 Å². The largest absolute Gasteiger partial charge is 0.268 e. The Kier molecular flexibility index (Phi) is 4.57. The summed E-state index contributed by atoms with van der Waals surface area (Å²) in [4.78, 5) is 19.9. The number of aryl methyl sites for hydroxylation is 2. The third kappa shape index (κ3) is 3.22. The highest BCUT2D eigenvalue weighted by Gasteiger charge is 2.16. The molecule has 2 aromatic rings. The first-order valence-corrected chi connectivity index (χ1v) is 8.80. The molecule has 0 bridgehead atoms. The predicted octanol–water partition coefficient (Wildman–Crippen LogP) is 4.09. The van der Waals surface area contributed by atoms with Crippen molar-refractivity contribution >= 4 is 17.2 Å². The molecule has 0 amide bonds. The van der Waals surface area contributed by atoms with Crippen molar-refractivity contribution in [3.05, 3.63) is 51.3 Å². The Bertz CT molecular complexity index is 736. The number of carbonyl (C=O) groups is 1. The number of pyridine rings is 1. The van der Waals surface area contributed by atoms with Crippen LogP contribution in [0.1, 0.15) is 52.2 Å². The molecule has 0 radical (unpaired) electrons. The fraction of sp³-hybridized carbons (Fsp3) is 0.444. The van der Waals surface area contributed by atoms with Crippen LogP contribution in [0.25, 0.3) is 0 Å². The minimum atomic E-state index is 0.0250. The highest BCUT2D eigenvalue weighted by molar-refractivity contribution is 7.12. The summed E-state index contributed by atoms with van der Waals surface area (Å²) in [6.07, 6.45) is 7.92. The molecule has 0 spiro atoms. The van der Waals surface area contributed by atoms with Crippen LogP contribution in [0, 0.1) is 13.8 Å². The number of aromatic nitrogens is 1. The van der Waals surface area contributed by atoms with Gasteiger partial charge in [-0.1, -0.05) is 25.3 Å². The van der Waals surface area contributed by atoms with Gasteiger partial charge in [0.05, 0.1) is 11.6 Å². The lowest BCUT2D eigenvalue weighted by atomic mass is 9.96. The second kappa shape index (κ2) is 6.61. The molecule has 1 aliphatic rings. The molecule has 0 N–H and O–H groups in total. The van der Waals surface area contributed by atoms with Crippen LogP contribution in [-0.4, -0.2) is 16.5 Å². The maximum Gasteiger partial charge on any atom is 0.264 e. The molecule has 1 aliphatic carbocycles. The molecule has 3 nitrogen and oxygen atoms in total. The Morgan fingerprint density at radius 2 is 2.00 bits per heavy atom. The van der Waals surface area contributed by atoms with Crippen LogP contribution in [0.5, 0.6) is 0 Å². The lowest BCUT2D eigenvalue weighted by Gasteiger charge is -2.17. The highest BCUT2D eigenvalue weighted by atomic mass is 32.1. The second-order valence-electron chi connectivity index (χ2n) is 5.98. The van der Waals surface area contributed by atoms with Crippen molar-refractivity contribution in [2.75, 3.05) is 0 Å². The number of carbonyl (C=O) groups excluding carboxylic acids is 1. The topological polar surface area (TPSA) is 34.4 Å². The summed E-state index contributed by atoms with van der Waals surface area (Å²) in [6.45, 7) is 4.05. The molecule has 0 aliphatic heterocycles. The van der Waals surface area contributed by atoms with Crippen LogP contribution in [-0.2, 0) is 0 Å². The van der Waals surface area contributed by atoms with E-state index in [9.17, 15) is 4.79 Å². The monoisotopic (exact) mass is 314 g/mol. The van der Waals surface area contributed by atoms with E-state index in [4.69, 9.17) is 4.99 Å². The van der Waals surface area contributed by atoms with E-state index in [-0.39, 0.29) is 5.91 Å². The maximum absolute atomic E-state index is 12.9. The van der Waals surface area contributed by atoms with E-state index in [0.29, 0.717) is 6.04 Å². The Balaban J connectivity index is 1.99. The smallest absolute Gasteiger partial charge is 0.264 e. The van der Waals surface area contributed by atoms with Crippen molar-refractivity contribution in [1.29, 1.82) is 0 Å². The molecular weight excluding hydrogens is 292 g/mol. The van der Waals surface area contributed by atoms with Crippen molar-refractivity contribution in [3.8, 4) is 0 Å². The minimum Gasteiger partial charge on any atom is -0.268 e. The number of thiophene rings is 1. The lowest BCUT2D eigenvalue weighted by Crippen LogP contribution is -2.29. The van der Waals surface area contributed by atoms with E-state index in [1.807, 2.05) is 44.3 Å². The molecule has 2 aromatic heterocycles. The Hall–Kier alpha value is -1.68. The molecule has 0 saturated heterocycles. The van der Waals surface area contributed by atoms with Gasteiger partial charge in [-0.3, -0.25) is 14.4 Å². The van der Waals surface area contributed by atoms with Gasteiger partial charge >= 0.3 is 0 Å². The van der Waals surface area contributed by atoms with Crippen molar-refractivity contribution in [1.82, 2.24) is 4.57 Å². The van der Waals surface area contributed by atoms with Gasteiger partial charge in [0.15, 0.2) is 0 Å². The van der Waals surface area contributed by atoms with Gasteiger partial charge in [0, 0.05) is 16.0 Å². The van der Waals surface area contributed by atoms with E-state index in [1.54, 1.807) is 15.9 Å². The molecule has 3 rings (SSSR count). The molecular formula is C18H22N2OS. The third-order valence-electron chi connectivity index (χ3n) is 4.22. The van der Waals surface area contributed by atoms with Crippen molar-refractivity contribution in [2.24, 2.45) is 4.99 Å². The third-order valence-corrected chi connectivity index (χ3v) is 5.18. The standard InChI is InChI=1S/C18H22N2OS/c1-13-12-16(14(2)22-13)18(21)20-11-7-6-10-17(20)19-15-8-4-3-5-9-15/h6-7,10-12,15H,3-5,8-9H2,1-2H3. The van der Waals surface area contributed by atoms with Crippen LogP contribution in [0.3, 0.4) is 0 Å². The Morgan fingerprint density at radius 1 is 1.23 bits per heavy atom. The second-order valence-corrected chi connectivity index (χ2v) is 7.44. The summed E-state index contributed by atoms with van der Waals surface area (Å²) in [5.41, 5.74) is 1.57. The first-order chi connectivity index (χ1) is 10.6. The van der Waals surface area contributed by atoms with Gasteiger partial charge in [-0.15, -0.1) is 11.3 Å². The zero-order chi connectivity index (χ0) is 15.5. The zero-order valence-electron chi connectivity index (χ0n) is 13.2. The predicted molar refractivity (Wildman–Crippen MR) is 90.4 cm³/mol. The van der Waals surface area contributed by atoms with Crippen LogP contribution < -0.4 is 5.49 Å². The number of rotatable bonds is 2. The van der Waals surface area contributed by atoms with Crippen LogP contribution in [0.4, 0.5) is 0 Å². The first-order valence-electron chi connectivity index (χ1n) is 7.98. The van der Waals surface area contributed by atoms with Gasteiger partial charge in [-0.2, -0.15) is 0 Å². The Labute approximate surface area is 135 Å². The molecule has 0 atom stereocenters. The van der Waals surface area contributed by atoms with E-state index in [0.717, 1.165) is 28.8 Å². The Morgan fingerprint density at radius 3 is 2.68 bits per heavy atom. The number of nitrogens with zero attached hydrogens (tertiary/aromatic N) is 2. The first kappa shape index (κ1) is 15.2. The maximum atomic E-state index is 12.9. The molecule has 22 heavy (non-hydrogen) atoms. The van der Waals surface area contributed by atoms with Crippen molar-refractivity contribution in [3.63, 3.8) is 0 Å². The molecule has 116 valence electrons. The SMILES string of the molecule is Cc1cc(C(=O)n2ccccc2=NC2CCCCC2)c(C)s1. The van der Waals surface area contributed by atoms with Crippen molar-refractivity contribution < 1.29 is 4.79 Å². The van der Waals surface area contributed by atoms with E-state index < -0.39 is 0 Å². The normalized spacial score (nSPS) is 16.9. The highest BCUT2D eigenvalue weighted by Crippen LogP contribution is 2.21. The number of hydrogen-bond acceptors (Lipinski definition) is 3.